The lowest BCUT2D eigenvalue weighted by atomic mass is 10.0. The van der Waals surface area contributed by atoms with Crippen LogP contribution in [0, 0.1) is 0 Å². The fraction of sp³-hybridized carbons (Fsp3) is 0.308. The number of urea groups is 1. The van der Waals surface area contributed by atoms with E-state index < -0.39 is 0 Å². The Kier molecular flexibility index (Phi) is 5.57. The Balaban J connectivity index is 1.42. The fourth-order valence-electron chi connectivity index (χ4n) is 4.87. The third-order valence-electron chi connectivity index (χ3n) is 6.43. The number of likely N-dealkylation sites (tertiary alicyclic amines) is 1. The van der Waals surface area contributed by atoms with Crippen LogP contribution >= 0.6 is 0 Å². The predicted molar refractivity (Wildman–Crippen MR) is 125 cm³/mol. The number of aromatic nitrogens is 1. The topological polar surface area (TPSA) is 48.5 Å². The number of para-hydroxylation sites is 3. The van der Waals surface area contributed by atoms with Gasteiger partial charge < -0.3 is 15.1 Å². The molecule has 5 nitrogen and oxygen atoms in total. The van der Waals surface area contributed by atoms with E-state index in [1.165, 1.54) is 11.3 Å². The van der Waals surface area contributed by atoms with Gasteiger partial charge >= 0.3 is 6.03 Å². The van der Waals surface area contributed by atoms with Gasteiger partial charge in [0, 0.05) is 31.2 Å². The lowest BCUT2D eigenvalue weighted by Crippen LogP contribution is -2.38. The van der Waals surface area contributed by atoms with E-state index in [0.29, 0.717) is 0 Å². The number of rotatable bonds is 3. The Morgan fingerprint density at radius 2 is 1.65 bits per heavy atom. The Hall–Kier alpha value is -3.34. The fourth-order valence-corrected chi connectivity index (χ4v) is 4.87. The molecule has 3 aromatic rings. The molecular formula is C26H28N4O. The summed E-state index contributed by atoms with van der Waals surface area (Å²) in [6, 6.07) is 20.8. The molecule has 1 N–H and O–H groups in total. The number of hydrogen-bond donors (Lipinski definition) is 1. The first-order valence-electron chi connectivity index (χ1n) is 11.2. The van der Waals surface area contributed by atoms with Crippen molar-refractivity contribution in [2.45, 2.75) is 38.1 Å². The minimum absolute atomic E-state index is 0.0244. The molecule has 2 amide bonds. The molecule has 0 bridgehead atoms. The summed E-state index contributed by atoms with van der Waals surface area (Å²) in [7, 11) is 0. The van der Waals surface area contributed by atoms with Gasteiger partial charge in [0.05, 0.1) is 17.4 Å². The van der Waals surface area contributed by atoms with E-state index in [4.69, 9.17) is 0 Å². The summed E-state index contributed by atoms with van der Waals surface area (Å²) in [5.41, 5.74) is 5.66. The van der Waals surface area contributed by atoms with Gasteiger partial charge in [0.1, 0.15) is 0 Å². The Bertz CT molecular complexity index is 1050. The first-order chi connectivity index (χ1) is 15.3. The van der Waals surface area contributed by atoms with Crippen LogP contribution in [0.2, 0.25) is 0 Å². The molecule has 3 heterocycles. The van der Waals surface area contributed by atoms with Gasteiger partial charge in [-0.2, -0.15) is 0 Å². The average molecular weight is 413 g/mol. The van der Waals surface area contributed by atoms with Crippen LogP contribution in [-0.4, -0.2) is 29.0 Å². The zero-order chi connectivity index (χ0) is 21.0. The Morgan fingerprint density at radius 3 is 2.52 bits per heavy atom. The van der Waals surface area contributed by atoms with E-state index in [-0.39, 0.29) is 12.1 Å². The summed E-state index contributed by atoms with van der Waals surface area (Å²) in [5.74, 6) is 0. The summed E-state index contributed by atoms with van der Waals surface area (Å²) in [6.45, 7) is 1.70. The Morgan fingerprint density at radius 1 is 0.871 bits per heavy atom. The molecule has 5 rings (SSSR count). The maximum Gasteiger partial charge on any atom is 0.322 e. The van der Waals surface area contributed by atoms with Crippen LogP contribution < -0.4 is 10.2 Å². The van der Waals surface area contributed by atoms with Crippen molar-refractivity contribution in [1.82, 2.24) is 9.88 Å². The molecule has 1 fully saturated rings. The van der Waals surface area contributed by atoms with E-state index in [1.807, 2.05) is 47.6 Å². The van der Waals surface area contributed by atoms with E-state index in [9.17, 15) is 4.79 Å². The lowest BCUT2D eigenvalue weighted by Gasteiger charge is -2.31. The number of nitrogens with one attached hydrogen (secondary N) is 1. The standard InChI is InChI=1S/C26H28N4O/c31-26(30-18-7-1-2-10-24(30)21-13-16-27-17-14-21)28-22-9-4-6-12-25(22)29-19-15-20-8-3-5-11-23(20)29/h3-6,8-9,11-14,16-17,24H,1-2,7,10,15,18-19H2,(H,28,31). The molecule has 2 aliphatic rings. The number of fused-ring (bicyclic) bond motifs is 1. The molecule has 1 atom stereocenters. The smallest absolute Gasteiger partial charge is 0.322 e. The zero-order valence-electron chi connectivity index (χ0n) is 17.7. The molecule has 1 saturated heterocycles. The quantitative estimate of drug-likeness (QED) is 0.580. The molecule has 0 saturated carbocycles. The normalized spacial score (nSPS) is 18.4. The summed E-state index contributed by atoms with van der Waals surface area (Å²) in [6.07, 6.45) is 8.97. The van der Waals surface area contributed by atoms with Crippen LogP contribution in [0.15, 0.2) is 73.1 Å². The molecule has 2 aromatic carbocycles. The van der Waals surface area contributed by atoms with E-state index in [1.54, 1.807) is 0 Å². The molecule has 2 aliphatic heterocycles. The molecule has 1 unspecified atom stereocenters. The van der Waals surface area contributed by atoms with Crippen molar-refractivity contribution in [2.75, 3.05) is 23.3 Å². The summed E-state index contributed by atoms with van der Waals surface area (Å²) in [4.78, 5) is 22.0. The van der Waals surface area contributed by atoms with Gasteiger partial charge in [-0.15, -0.1) is 0 Å². The number of pyridine rings is 1. The van der Waals surface area contributed by atoms with Gasteiger partial charge in [0.15, 0.2) is 0 Å². The first kappa shape index (κ1) is 19.6. The van der Waals surface area contributed by atoms with Gasteiger partial charge in [0.2, 0.25) is 0 Å². The van der Waals surface area contributed by atoms with Crippen molar-refractivity contribution >= 4 is 23.1 Å². The highest BCUT2D eigenvalue weighted by molar-refractivity contribution is 5.94. The minimum atomic E-state index is -0.0244. The summed E-state index contributed by atoms with van der Waals surface area (Å²) < 4.78 is 0. The molecule has 158 valence electrons. The zero-order valence-corrected chi connectivity index (χ0v) is 17.7. The third-order valence-corrected chi connectivity index (χ3v) is 6.43. The van der Waals surface area contributed by atoms with Gasteiger partial charge in [-0.05, 0) is 60.7 Å². The number of anilines is 3. The first-order valence-corrected chi connectivity index (χ1v) is 11.2. The van der Waals surface area contributed by atoms with Crippen LogP contribution in [0.25, 0.3) is 0 Å². The maximum atomic E-state index is 13.5. The van der Waals surface area contributed by atoms with Crippen molar-refractivity contribution in [3.63, 3.8) is 0 Å². The summed E-state index contributed by atoms with van der Waals surface area (Å²) >= 11 is 0. The average Bonchev–Trinajstić information content (AvgIpc) is 3.08. The predicted octanol–water partition coefficient (Wildman–Crippen LogP) is 5.93. The van der Waals surface area contributed by atoms with Crippen molar-refractivity contribution < 1.29 is 4.79 Å². The Labute approximate surface area is 183 Å². The number of amides is 2. The second-order valence-corrected chi connectivity index (χ2v) is 8.32. The monoisotopic (exact) mass is 412 g/mol. The SMILES string of the molecule is O=C(Nc1ccccc1N1CCc2ccccc21)N1CCCCCC1c1ccncc1. The molecule has 31 heavy (non-hydrogen) atoms. The van der Waals surface area contributed by atoms with Gasteiger partial charge in [0.25, 0.3) is 0 Å². The van der Waals surface area contributed by atoms with Crippen LogP contribution in [-0.2, 0) is 6.42 Å². The second kappa shape index (κ2) is 8.80. The molecule has 0 radical (unpaired) electrons. The highest BCUT2D eigenvalue weighted by Crippen LogP contribution is 2.38. The number of carbonyl (C=O) groups is 1. The van der Waals surface area contributed by atoms with Crippen molar-refractivity contribution in [3.05, 3.63) is 84.2 Å². The number of benzene rings is 2. The highest BCUT2D eigenvalue weighted by Gasteiger charge is 2.28. The van der Waals surface area contributed by atoms with Crippen molar-refractivity contribution in [3.8, 4) is 0 Å². The van der Waals surface area contributed by atoms with Crippen molar-refractivity contribution in [2.24, 2.45) is 0 Å². The van der Waals surface area contributed by atoms with Gasteiger partial charge in [-0.1, -0.05) is 43.2 Å². The van der Waals surface area contributed by atoms with Crippen molar-refractivity contribution in [1.29, 1.82) is 0 Å². The third kappa shape index (κ3) is 4.00. The molecule has 0 spiro atoms. The highest BCUT2D eigenvalue weighted by atomic mass is 16.2. The number of hydrogen-bond acceptors (Lipinski definition) is 3. The van der Waals surface area contributed by atoms with E-state index >= 15 is 0 Å². The lowest BCUT2D eigenvalue weighted by molar-refractivity contribution is 0.189. The van der Waals surface area contributed by atoms with Crippen LogP contribution in [0.4, 0.5) is 21.9 Å². The maximum absolute atomic E-state index is 13.5. The molecule has 0 aliphatic carbocycles. The van der Waals surface area contributed by atoms with E-state index in [0.717, 1.165) is 62.1 Å². The minimum Gasteiger partial charge on any atom is -0.339 e. The van der Waals surface area contributed by atoms with E-state index in [2.05, 4.69) is 45.5 Å². The molecule has 1 aromatic heterocycles. The van der Waals surface area contributed by atoms with Gasteiger partial charge in [-0.3, -0.25) is 4.98 Å². The largest absolute Gasteiger partial charge is 0.339 e. The molecular weight excluding hydrogens is 384 g/mol. The number of carbonyl (C=O) groups excluding carboxylic acids is 1. The van der Waals surface area contributed by atoms with Crippen LogP contribution in [0.3, 0.4) is 0 Å². The van der Waals surface area contributed by atoms with Gasteiger partial charge in [-0.25, -0.2) is 4.79 Å². The second-order valence-electron chi connectivity index (χ2n) is 8.32. The molecule has 5 heteroatoms. The van der Waals surface area contributed by atoms with Crippen LogP contribution in [0.1, 0.15) is 42.9 Å². The van der Waals surface area contributed by atoms with Crippen LogP contribution in [0.5, 0.6) is 0 Å². The summed E-state index contributed by atoms with van der Waals surface area (Å²) in [5, 5.41) is 3.25. The number of nitrogens with zero attached hydrogens (tertiary/aromatic N) is 3.